The molecule has 1 heteroatoms. The molecule has 0 bridgehead atoms. The highest BCUT2D eigenvalue weighted by Crippen LogP contribution is 2.49. The van der Waals surface area contributed by atoms with Gasteiger partial charge in [-0.05, 0) is 63.2 Å². The van der Waals surface area contributed by atoms with E-state index in [0.29, 0.717) is 11.8 Å². The lowest BCUT2D eigenvalue weighted by atomic mass is 9.58. The second-order valence-electron chi connectivity index (χ2n) is 6.54. The molecule has 0 radical (unpaired) electrons. The van der Waals surface area contributed by atoms with Crippen LogP contribution in [0.4, 0.5) is 0 Å². The van der Waals surface area contributed by atoms with Crippen molar-refractivity contribution in [3.8, 4) is 0 Å². The molecule has 92 valence electrons. The number of rotatable bonds is 1. The van der Waals surface area contributed by atoms with Gasteiger partial charge in [0.25, 0.3) is 0 Å². The minimum absolute atomic E-state index is 0.423. The fraction of sp³-hybridized carbons (Fsp3) is 0.867. The summed E-state index contributed by atoms with van der Waals surface area (Å²) in [6.45, 7) is 8.96. The lowest BCUT2D eigenvalue weighted by molar-refractivity contribution is -0.0807. The molecule has 2 rings (SSSR count). The summed E-state index contributed by atoms with van der Waals surface area (Å²) in [5, 5.41) is 10.5. The summed E-state index contributed by atoms with van der Waals surface area (Å²) < 4.78 is 0. The molecule has 2 unspecified atom stereocenters. The van der Waals surface area contributed by atoms with E-state index in [1.165, 1.54) is 24.8 Å². The van der Waals surface area contributed by atoms with Crippen LogP contribution in [0.3, 0.4) is 0 Å². The van der Waals surface area contributed by atoms with Crippen LogP contribution in [0, 0.1) is 23.7 Å². The maximum Gasteiger partial charge on any atom is 0.0653 e. The van der Waals surface area contributed by atoms with E-state index in [-0.39, 0.29) is 0 Å². The Bertz CT molecular complexity index is 288. The van der Waals surface area contributed by atoms with Gasteiger partial charge >= 0.3 is 0 Å². The molecule has 0 aromatic rings. The Morgan fingerprint density at radius 1 is 1.38 bits per heavy atom. The SMILES string of the molecule is CC1=CC2C(CC1)[C@](C)(O)CC[C@H]2C(C)C. The Balaban J connectivity index is 2.27. The molecule has 0 aromatic carbocycles. The highest BCUT2D eigenvalue weighted by atomic mass is 16.3. The minimum Gasteiger partial charge on any atom is -0.390 e. The van der Waals surface area contributed by atoms with E-state index >= 15 is 0 Å². The Labute approximate surface area is 99.9 Å². The molecule has 0 aromatic heterocycles. The van der Waals surface area contributed by atoms with E-state index in [1.807, 2.05) is 0 Å². The first-order valence-corrected chi connectivity index (χ1v) is 6.81. The molecule has 0 amide bonds. The molecule has 1 fully saturated rings. The maximum absolute atomic E-state index is 10.5. The van der Waals surface area contributed by atoms with Gasteiger partial charge in [-0.15, -0.1) is 0 Å². The van der Waals surface area contributed by atoms with Crippen molar-refractivity contribution in [2.24, 2.45) is 23.7 Å². The van der Waals surface area contributed by atoms with Crippen molar-refractivity contribution in [2.45, 2.75) is 59.0 Å². The average molecular weight is 222 g/mol. The van der Waals surface area contributed by atoms with E-state index in [0.717, 1.165) is 18.3 Å². The number of hydrogen-bond acceptors (Lipinski definition) is 1. The van der Waals surface area contributed by atoms with Crippen LogP contribution < -0.4 is 0 Å². The fourth-order valence-electron chi connectivity index (χ4n) is 3.87. The van der Waals surface area contributed by atoms with Crippen molar-refractivity contribution in [2.75, 3.05) is 0 Å². The number of fused-ring (bicyclic) bond motifs is 1. The monoisotopic (exact) mass is 222 g/mol. The zero-order valence-electron chi connectivity index (χ0n) is 11.2. The summed E-state index contributed by atoms with van der Waals surface area (Å²) in [5.41, 5.74) is 1.11. The number of allylic oxidation sites excluding steroid dienone is 2. The Morgan fingerprint density at radius 3 is 2.69 bits per heavy atom. The standard InChI is InChI=1S/C15H26O/c1-10(2)12-7-8-15(4,16)14-6-5-11(3)9-13(12)14/h9-10,12-14,16H,5-8H2,1-4H3/t12-,13?,14?,15+/m0/s1. The van der Waals surface area contributed by atoms with Crippen LogP contribution in [0.1, 0.15) is 53.4 Å². The highest BCUT2D eigenvalue weighted by molar-refractivity contribution is 5.13. The van der Waals surface area contributed by atoms with Gasteiger partial charge in [0.2, 0.25) is 0 Å². The molecule has 1 saturated carbocycles. The topological polar surface area (TPSA) is 20.2 Å². The predicted molar refractivity (Wildman–Crippen MR) is 68.2 cm³/mol. The van der Waals surface area contributed by atoms with Crippen molar-refractivity contribution in [1.29, 1.82) is 0 Å². The maximum atomic E-state index is 10.5. The average Bonchev–Trinajstić information content (AvgIpc) is 2.16. The normalized spacial score (nSPS) is 44.1. The molecule has 1 N–H and O–H groups in total. The highest BCUT2D eigenvalue weighted by Gasteiger charge is 2.46. The van der Waals surface area contributed by atoms with Gasteiger partial charge in [-0.2, -0.15) is 0 Å². The summed E-state index contributed by atoms with van der Waals surface area (Å²) in [6, 6.07) is 0. The minimum atomic E-state index is -0.423. The lowest BCUT2D eigenvalue weighted by Crippen LogP contribution is -2.48. The Morgan fingerprint density at radius 2 is 2.06 bits per heavy atom. The molecule has 2 aliphatic rings. The number of aliphatic hydroxyl groups is 1. The molecule has 2 aliphatic carbocycles. The van der Waals surface area contributed by atoms with Gasteiger partial charge in [-0.1, -0.05) is 25.5 Å². The van der Waals surface area contributed by atoms with E-state index < -0.39 is 5.60 Å². The summed E-state index contributed by atoms with van der Waals surface area (Å²) in [4.78, 5) is 0. The zero-order chi connectivity index (χ0) is 11.9. The first-order chi connectivity index (χ1) is 7.42. The van der Waals surface area contributed by atoms with E-state index in [2.05, 4.69) is 33.8 Å². The van der Waals surface area contributed by atoms with Gasteiger partial charge in [0.15, 0.2) is 0 Å². The third-order valence-electron chi connectivity index (χ3n) is 4.92. The molecule has 0 aliphatic heterocycles. The van der Waals surface area contributed by atoms with E-state index in [1.54, 1.807) is 0 Å². The fourth-order valence-corrected chi connectivity index (χ4v) is 3.87. The second-order valence-corrected chi connectivity index (χ2v) is 6.54. The summed E-state index contributed by atoms with van der Waals surface area (Å²) in [7, 11) is 0. The quantitative estimate of drug-likeness (QED) is 0.669. The van der Waals surface area contributed by atoms with Crippen molar-refractivity contribution in [3.05, 3.63) is 11.6 Å². The van der Waals surface area contributed by atoms with Gasteiger partial charge < -0.3 is 5.11 Å². The van der Waals surface area contributed by atoms with Gasteiger partial charge in [0.05, 0.1) is 5.60 Å². The second kappa shape index (κ2) is 4.18. The first-order valence-electron chi connectivity index (χ1n) is 6.81. The molecule has 1 nitrogen and oxygen atoms in total. The van der Waals surface area contributed by atoms with Crippen LogP contribution in [0.5, 0.6) is 0 Å². The van der Waals surface area contributed by atoms with Gasteiger partial charge in [-0.3, -0.25) is 0 Å². The summed E-state index contributed by atoms with van der Waals surface area (Å²) in [5.74, 6) is 2.64. The Kier molecular flexibility index (Phi) is 3.18. The Hall–Kier alpha value is -0.300. The van der Waals surface area contributed by atoms with Gasteiger partial charge in [0, 0.05) is 0 Å². The summed E-state index contributed by atoms with van der Waals surface area (Å²) >= 11 is 0. The molecule has 0 spiro atoms. The van der Waals surface area contributed by atoms with Crippen LogP contribution in [0.2, 0.25) is 0 Å². The largest absolute Gasteiger partial charge is 0.390 e. The zero-order valence-corrected chi connectivity index (χ0v) is 11.2. The first kappa shape index (κ1) is 12.2. The van der Waals surface area contributed by atoms with Crippen LogP contribution in [0.25, 0.3) is 0 Å². The van der Waals surface area contributed by atoms with Gasteiger partial charge in [-0.25, -0.2) is 0 Å². The molecular formula is C15H26O. The van der Waals surface area contributed by atoms with Crippen LogP contribution in [-0.4, -0.2) is 10.7 Å². The molecular weight excluding hydrogens is 196 g/mol. The van der Waals surface area contributed by atoms with Crippen molar-refractivity contribution >= 4 is 0 Å². The number of hydrogen-bond donors (Lipinski definition) is 1. The van der Waals surface area contributed by atoms with Crippen molar-refractivity contribution in [1.82, 2.24) is 0 Å². The predicted octanol–water partition coefficient (Wildman–Crippen LogP) is 3.78. The third-order valence-corrected chi connectivity index (χ3v) is 4.92. The summed E-state index contributed by atoms with van der Waals surface area (Å²) in [6.07, 6.45) is 7.01. The van der Waals surface area contributed by atoms with Crippen molar-refractivity contribution in [3.63, 3.8) is 0 Å². The smallest absolute Gasteiger partial charge is 0.0653 e. The van der Waals surface area contributed by atoms with Crippen LogP contribution in [-0.2, 0) is 0 Å². The van der Waals surface area contributed by atoms with Crippen molar-refractivity contribution < 1.29 is 5.11 Å². The van der Waals surface area contributed by atoms with Gasteiger partial charge in [0.1, 0.15) is 0 Å². The van der Waals surface area contributed by atoms with Crippen LogP contribution >= 0.6 is 0 Å². The molecule has 4 atom stereocenters. The molecule has 16 heavy (non-hydrogen) atoms. The van der Waals surface area contributed by atoms with E-state index in [4.69, 9.17) is 0 Å². The third kappa shape index (κ3) is 2.07. The lowest BCUT2D eigenvalue weighted by Gasteiger charge is -2.49. The molecule has 0 saturated heterocycles. The molecule has 0 heterocycles. The van der Waals surface area contributed by atoms with Crippen LogP contribution in [0.15, 0.2) is 11.6 Å². The van der Waals surface area contributed by atoms with E-state index in [9.17, 15) is 5.11 Å².